The van der Waals surface area contributed by atoms with Crippen LogP contribution in [0.15, 0.2) is 24.3 Å². The predicted molar refractivity (Wildman–Crippen MR) is 85.0 cm³/mol. The van der Waals surface area contributed by atoms with Crippen molar-refractivity contribution in [2.24, 2.45) is 5.92 Å². The number of amides is 1. The highest BCUT2D eigenvalue weighted by molar-refractivity contribution is 7.53. The molecule has 0 saturated heterocycles. The van der Waals surface area contributed by atoms with Gasteiger partial charge >= 0.3 is 7.60 Å². The van der Waals surface area contributed by atoms with Gasteiger partial charge in [0.05, 0.1) is 5.69 Å². The number of benzene rings is 1. The van der Waals surface area contributed by atoms with E-state index in [9.17, 15) is 24.4 Å². The number of anilines is 1. The molecule has 124 valence electrons. The summed E-state index contributed by atoms with van der Waals surface area (Å²) in [6.45, 7) is 5.53. The fourth-order valence-corrected chi connectivity index (χ4v) is 3.35. The number of nitrogens with zero attached hydrogens (tertiary/aromatic N) is 1. The average Bonchev–Trinajstić information content (AvgIpc) is 2.46. The normalized spacial score (nSPS) is 13.2. The lowest BCUT2D eigenvalue weighted by Crippen LogP contribution is -2.38. The van der Waals surface area contributed by atoms with Crippen LogP contribution < -0.4 is 5.06 Å². The van der Waals surface area contributed by atoms with Crippen LogP contribution >= 0.6 is 7.60 Å². The molecular weight excluding hydrogens is 305 g/mol. The van der Waals surface area contributed by atoms with Crippen molar-refractivity contribution < 1.29 is 24.4 Å². The van der Waals surface area contributed by atoms with Crippen molar-refractivity contribution in [1.82, 2.24) is 0 Å². The summed E-state index contributed by atoms with van der Waals surface area (Å²) in [6.07, 6.45) is 1.49. The molecule has 0 aliphatic carbocycles. The number of hydrogen-bond donors (Lipinski definition) is 3. The Hall–Kier alpha value is -1.20. The highest BCUT2D eigenvalue weighted by Crippen LogP contribution is 2.46. The molecular formula is C15H24NO5P. The summed E-state index contributed by atoms with van der Waals surface area (Å²) in [5, 5.41) is 10.5. The number of hydrogen-bond acceptors (Lipinski definition) is 3. The van der Waals surface area contributed by atoms with E-state index in [0.717, 1.165) is 12.8 Å². The van der Waals surface area contributed by atoms with Gasteiger partial charge in [0, 0.05) is 0 Å². The smallest absolute Gasteiger partial charge is 0.324 e. The summed E-state index contributed by atoms with van der Waals surface area (Å²) < 4.78 is 11.7. The Morgan fingerprint density at radius 2 is 1.77 bits per heavy atom. The summed E-state index contributed by atoms with van der Waals surface area (Å²) in [5.41, 5.74) is -0.650. The number of rotatable bonds is 7. The van der Waals surface area contributed by atoms with Crippen molar-refractivity contribution in [1.29, 1.82) is 0 Å². The standard InChI is InChI=1S/C15H24NO5P/c1-4-12(5-2)10-14(22(19,20)21)15(17)16(18)13-9-7-6-8-11(13)3/h6-9,12,14,18H,4-5,10H2,1-3H3,(H2,19,20,21). The van der Waals surface area contributed by atoms with E-state index in [0.29, 0.717) is 10.6 Å². The molecule has 0 aromatic heterocycles. The predicted octanol–water partition coefficient (Wildman–Crippen LogP) is 3.09. The van der Waals surface area contributed by atoms with Crippen LogP contribution in [0.25, 0.3) is 0 Å². The van der Waals surface area contributed by atoms with Gasteiger partial charge in [-0.1, -0.05) is 44.9 Å². The lowest BCUT2D eigenvalue weighted by atomic mass is 9.97. The molecule has 0 aliphatic heterocycles. The van der Waals surface area contributed by atoms with Crippen LogP contribution in [0.5, 0.6) is 0 Å². The molecule has 0 heterocycles. The molecule has 0 aliphatic rings. The highest BCUT2D eigenvalue weighted by atomic mass is 31.2. The summed E-state index contributed by atoms with van der Waals surface area (Å²) >= 11 is 0. The molecule has 1 rings (SSSR count). The van der Waals surface area contributed by atoms with Crippen LogP contribution in [-0.4, -0.2) is 26.6 Å². The van der Waals surface area contributed by atoms with Crippen molar-refractivity contribution in [2.75, 3.05) is 5.06 Å². The minimum Gasteiger partial charge on any atom is -0.324 e. The molecule has 1 unspecified atom stereocenters. The molecule has 0 fully saturated rings. The quantitative estimate of drug-likeness (QED) is 0.406. The molecule has 3 N–H and O–H groups in total. The summed E-state index contributed by atoms with van der Waals surface area (Å²) in [5.74, 6) is -0.943. The zero-order valence-corrected chi connectivity index (χ0v) is 14.0. The number of aryl methyl sites for hydroxylation is 1. The zero-order valence-electron chi connectivity index (χ0n) is 13.1. The van der Waals surface area contributed by atoms with E-state index in [2.05, 4.69) is 0 Å². The Morgan fingerprint density at radius 1 is 1.23 bits per heavy atom. The van der Waals surface area contributed by atoms with Gasteiger partial charge in [0.15, 0.2) is 0 Å². The van der Waals surface area contributed by atoms with Crippen LogP contribution in [0.1, 0.15) is 38.7 Å². The van der Waals surface area contributed by atoms with E-state index >= 15 is 0 Å². The zero-order chi connectivity index (χ0) is 16.9. The van der Waals surface area contributed by atoms with Gasteiger partial charge < -0.3 is 9.79 Å². The molecule has 1 aromatic rings. The van der Waals surface area contributed by atoms with Gasteiger partial charge in [0.2, 0.25) is 0 Å². The Balaban J connectivity index is 3.07. The van der Waals surface area contributed by atoms with Gasteiger partial charge in [-0.25, -0.2) is 0 Å². The molecule has 22 heavy (non-hydrogen) atoms. The van der Waals surface area contributed by atoms with Crippen molar-refractivity contribution in [3.8, 4) is 0 Å². The molecule has 0 bridgehead atoms. The molecule has 0 spiro atoms. The Kier molecular flexibility index (Phi) is 6.75. The van der Waals surface area contributed by atoms with Crippen molar-refractivity contribution in [2.45, 2.75) is 45.7 Å². The van der Waals surface area contributed by atoms with Gasteiger partial charge in [-0.3, -0.25) is 14.6 Å². The first-order valence-electron chi connectivity index (χ1n) is 7.36. The monoisotopic (exact) mass is 329 g/mol. The molecule has 0 saturated carbocycles. The van der Waals surface area contributed by atoms with Crippen LogP contribution in [-0.2, 0) is 9.36 Å². The highest BCUT2D eigenvalue weighted by Gasteiger charge is 2.40. The largest absolute Gasteiger partial charge is 0.338 e. The van der Waals surface area contributed by atoms with Crippen LogP contribution in [0.4, 0.5) is 5.69 Å². The molecule has 0 radical (unpaired) electrons. The molecule has 1 amide bonds. The maximum absolute atomic E-state index is 12.4. The van der Waals surface area contributed by atoms with Crippen molar-refractivity contribution in [3.05, 3.63) is 29.8 Å². The third-order valence-corrected chi connectivity index (χ3v) is 5.20. The Labute approximate surface area is 130 Å². The topological polar surface area (TPSA) is 98.1 Å². The summed E-state index contributed by atoms with van der Waals surface area (Å²) in [6, 6.07) is 6.63. The van der Waals surface area contributed by atoms with Crippen molar-refractivity contribution >= 4 is 19.2 Å². The number of carbonyl (C=O) groups is 1. The van der Waals surface area contributed by atoms with E-state index in [-0.39, 0.29) is 18.0 Å². The maximum Gasteiger partial charge on any atom is 0.338 e. The first kappa shape index (κ1) is 18.8. The summed E-state index contributed by atoms with van der Waals surface area (Å²) in [7, 11) is -4.65. The third-order valence-electron chi connectivity index (χ3n) is 3.95. The molecule has 6 nitrogen and oxygen atoms in total. The fraction of sp³-hybridized carbons (Fsp3) is 0.533. The summed E-state index contributed by atoms with van der Waals surface area (Å²) in [4.78, 5) is 31.4. The fourth-order valence-electron chi connectivity index (χ4n) is 2.38. The van der Waals surface area contributed by atoms with Crippen LogP contribution in [0.2, 0.25) is 0 Å². The number of para-hydroxylation sites is 1. The van der Waals surface area contributed by atoms with Gasteiger partial charge in [-0.05, 0) is 30.9 Å². The molecule has 1 aromatic carbocycles. The first-order chi connectivity index (χ1) is 10.2. The lowest BCUT2D eigenvalue weighted by molar-refractivity contribution is -0.123. The van der Waals surface area contributed by atoms with Gasteiger partial charge in [0.25, 0.3) is 5.91 Å². The third kappa shape index (κ3) is 4.65. The van der Waals surface area contributed by atoms with Gasteiger partial charge in [0.1, 0.15) is 5.66 Å². The van der Waals surface area contributed by atoms with Crippen molar-refractivity contribution in [3.63, 3.8) is 0 Å². The second-order valence-corrected chi connectivity index (χ2v) is 7.26. The average molecular weight is 329 g/mol. The first-order valence-corrected chi connectivity index (χ1v) is 9.04. The second kappa shape index (κ2) is 7.88. The maximum atomic E-state index is 12.4. The van der Waals surface area contributed by atoms with E-state index in [1.807, 2.05) is 13.8 Å². The SMILES string of the molecule is CCC(CC)CC(C(=O)N(O)c1ccccc1C)P(=O)(O)O. The van der Waals surface area contributed by atoms with E-state index in [1.165, 1.54) is 6.07 Å². The minimum atomic E-state index is -4.65. The lowest BCUT2D eigenvalue weighted by Gasteiger charge is -2.26. The Bertz CT molecular complexity index is 553. The van der Waals surface area contributed by atoms with Crippen LogP contribution in [0, 0.1) is 12.8 Å². The van der Waals surface area contributed by atoms with Gasteiger partial charge in [-0.15, -0.1) is 0 Å². The minimum absolute atomic E-state index is 0.0202. The van der Waals surface area contributed by atoms with Gasteiger partial charge in [-0.2, -0.15) is 5.06 Å². The molecule has 7 heteroatoms. The number of hydroxylamine groups is 1. The van der Waals surface area contributed by atoms with E-state index in [1.54, 1.807) is 25.1 Å². The van der Waals surface area contributed by atoms with E-state index < -0.39 is 19.2 Å². The number of carbonyl (C=O) groups excluding carboxylic acids is 1. The van der Waals surface area contributed by atoms with E-state index in [4.69, 9.17) is 0 Å². The van der Waals surface area contributed by atoms with Crippen LogP contribution in [0.3, 0.4) is 0 Å². The molecule has 1 atom stereocenters. The Morgan fingerprint density at radius 3 is 2.23 bits per heavy atom. The second-order valence-electron chi connectivity index (χ2n) is 5.46.